The van der Waals surface area contributed by atoms with Crippen molar-refractivity contribution in [1.29, 1.82) is 0 Å². The summed E-state index contributed by atoms with van der Waals surface area (Å²) in [6.45, 7) is 5.02. The summed E-state index contributed by atoms with van der Waals surface area (Å²) in [6, 6.07) is 9.56. The third kappa shape index (κ3) is 3.35. The number of amides is 1. The highest BCUT2D eigenvalue weighted by atomic mass is 16.7. The Morgan fingerprint density at radius 1 is 1.12 bits per heavy atom. The zero-order valence-electron chi connectivity index (χ0n) is 14.1. The number of aromatic nitrogens is 1. The van der Waals surface area contributed by atoms with E-state index in [1.54, 1.807) is 24.5 Å². The van der Waals surface area contributed by atoms with Gasteiger partial charge in [-0.1, -0.05) is 19.9 Å². The number of carbonyl (C=O) groups is 1. The summed E-state index contributed by atoms with van der Waals surface area (Å²) in [5.41, 5.74) is 1.70. The van der Waals surface area contributed by atoms with Crippen LogP contribution in [0.25, 0.3) is 0 Å². The number of rotatable bonds is 6. The van der Waals surface area contributed by atoms with Crippen LogP contribution in [0, 0.1) is 0 Å². The Hall–Kier alpha value is -2.56. The Kier molecular flexibility index (Phi) is 4.99. The number of carbonyl (C=O) groups excluding carboxylic acids is 1. The number of benzene rings is 1. The lowest BCUT2D eigenvalue weighted by Gasteiger charge is -2.31. The number of nitrogens with zero attached hydrogens (tertiary/aromatic N) is 2. The van der Waals surface area contributed by atoms with Crippen LogP contribution in [0.1, 0.15) is 42.6 Å². The summed E-state index contributed by atoms with van der Waals surface area (Å²) < 4.78 is 10.8. The third-order valence-corrected chi connectivity index (χ3v) is 4.36. The number of hydrogen-bond acceptors (Lipinski definition) is 4. The van der Waals surface area contributed by atoms with Crippen molar-refractivity contribution in [3.8, 4) is 11.5 Å². The first-order valence-electron chi connectivity index (χ1n) is 8.32. The summed E-state index contributed by atoms with van der Waals surface area (Å²) in [5, 5.41) is 0. The van der Waals surface area contributed by atoms with Crippen molar-refractivity contribution in [3.05, 3.63) is 53.9 Å². The van der Waals surface area contributed by atoms with Gasteiger partial charge in [-0.15, -0.1) is 0 Å². The van der Waals surface area contributed by atoms with E-state index in [9.17, 15) is 4.79 Å². The van der Waals surface area contributed by atoms with Gasteiger partial charge in [-0.25, -0.2) is 0 Å². The van der Waals surface area contributed by atoms with Gasteiger partial charge in [-0.05, 0) is 42.7 Å². The standard InChI is InChI=1S/C19H22N2O3/c1-3-16(4-2)21(19(22)15-7-9-20-10-8-15)12-14-5-6-17-18(11-14)24-13-23-17/h5-11,16H,3-4,12-13H2,1-2H3. The first-order chi connectivity index (χ1) is 11.7. The van der Waals surface area contributed by atoms with Gasteiger partial charge in [0.05, 0.1) is 0 Å². The molecule has 0 radical (unpaired) electrons. The van der Waals surface area contributed by atoms with Gasteiger partial charge in [-0.3, -0.25) is 9.78 Å². The molecule has 0 aliphatic carbocycles. The Morgan fingerprint density at radius 3 is 2.54 bits per heavy atom. The van der Waals surface area contributed by atoms with Gasteiger partial charge < -0.3 is 14.4 Å². The van der Waals surface area contributed by atoms with Crippen LogP contribution in [-0.4, -0.2) is 28.6 Å². The van der Waals surface area contributed by atoms with Crippen molar-refractivity contribution in [2.75, 3.05) is 6.79 Å². The van der Waals surface area contributed by atoms with Crippen molar-refractivity contribution in [2.24, 2.45) is 0 Å². The van der Waals surface area contributed by atoms with E-state index in [0.717, 1.165) is 29.9 Å². The second-order valence-corrected chi connectivity index (χ2v) is 5.83. The highest BCUT2D eigenvalue weighted by Gasteiger charge is 2.23. The molecule has 0 spiro atoms. The highest BCUT2D eigenvalue weighted by molar-refractivity contribution is 5.94. The maximum absolute atomic E-state index is 13.0. The molecule has 0 fully saturated rings. The lowest BCUT2D eigenvalue weighted by atomic mass is 10.1. The smallest absolute Gasteiger partial charge is 0.254 e. The molecule has 1 aliphatic rings. The lowest BCUT2D eigenvalue weighted by molar-refractivity contribution is 0.0649. The molecule has 0 saturated heterocycles. The molecule has 0 saturated carbocycles. The Morgan fingerprint density at radius 2 is 1.83 bits per heavy atom. The van der Waals surface area contributed by atoms with Gasteiger partial charge >= 0.3 is 0 Å². The van der Waals surface area contributed by atoms with Crippen molar-refractivity contribution in [2.45, 2.75) is 39.3 Å². The minimum absolute atomic E-state index is 0.0313. The zero-order valence-corrected chi connectivity index (χ0v) is 14.1. The fourth-order valence-corrected chi connectivity index (χ4v) is 2.99. The molecule has 1 aromatic carbocycles. The molecule has 5 nitrogen and oxygen atoms in total. The minimum atomic E-state index is 0.0313. The fourth-order valence-electron chi connectivity index (χ4n) is 2.99. The van der Waals surface area contributed by atoms with E-state index >= 15 is 0 Å². The minimum Gasteiger partial charge on any atom is -0.454 e. The molecule has 126 valence electrons. The molecule has 2 heterocycles. The Bertz CT molecular complexity index is 699. The summed E-state index contributed by atoms with van der Waals surface area (Å²) in [4.78, 5) is 18.9. The monoisotopic (exact) mass is 326 g/mol. The first kappa shape index (κ1) is 16.3. The van der Waals surface area contributed by atoms with Crippen molar-refractivity contribution >= 4 is 5.91 Å². The van der Waals surface area contributed by atoms with Crippen molar-refractivity contribution < 1.29 is 14.3 Å². The third-order valence-electron chi connectivity index (χ3n) is 4.36. The van der Waals surface area contributed by atoms with Crippen LogP contribution in [0.15, 0.2) is 42.7 Å². The largest absolute Gasteiger partial charge is 0.454 e. The molecule has 5 heteroatoms. The molecule has 0 unspecified atom stereocenters. The summed E-state index contributed by atoms with van der Waals surface area (Å²) in [7, 11) is 0. The van der Waals surface area contributed by atoms with Crippen LogP contribution in [0.4, 0.5) is 0 Å². The Balaban J connectivity index is 1.86. The predicted molar refractivity (Wildman–Crippen MR) is 91.0 cm³/mol. The predicted octanol–water partition coefficient (Wildman–Crippen LogP) is 3.64. The number of pyridine rings is 1. The highest BCUT2D eigenvalue weighted by Crippen LogP contribution is 2.33. The molecule has 0 bridgehead atoms. The molecule has 1 aromatic heterocycles. The van der Waals surface area contributed by atoms with E-state index in [-0.39, 0.29) is 18.7 Å². The van der Waals surface area contributed by atoms with E-state index < -0.39 is 0 Å². The normalized spacial score (nSPS) is 12.5. The summed E-state index contributed by atoms with van der Waals surface area (Å²) >= 11 is 0. The zero-order chi connectivity index (χ0) is 16.9. The molecule has 3 rings (SSSR count). The van der Waals surface area contributed by atoms with Crippen LogP contribution in [0.3, 0.4) is 0 Å². The van der Waals surface area contributed by atoms with Crippen LogP contribution in [0.2, 0.25) is 0 Å². The maximum atomic E-state index is 13.0. The van der Waals surface area contributed by atoms with Crippen LogP contribution >= 0.6 is 0 Å². The second-order valence-electron chi connectivity index (χ2n) is 5.83. The van der Waals surface area contributed by atoms with Gasteiger partial charge in [0.1, 0.15) is 0 Å². The fraction of sp³-hybridized carbons (Fsp3) is 0.368. The molecule has 0 atom stereocenters. The topological polar surface area (TPSA) is 51.7 Å². The van der Waals surface area contributed by atoms with Gasteiger partial charge in [-0.2, -0.15) is 0 Å². The summed E-state index contributed by atoms with van der Waals surface area (Å²) in [5.74, 6) is 1.53. The average Bonchev–Trinajstić information content (AvgIpc) is 3.10. The SMILES string of the molecule is CCC(CC)N(Cc1ccc2c(c1)OCO2)C(=O)c1ccncc1. The summed E-state index contributed by atoms with van der Waals surface area (Å²) in [6.07, 6.45) is 5.13. The molecular formula is C19H22N2O3. The maximum Gasteiger partial charge on any atom is 0.254 e. The second kappa shape index (κ2) is 7.34. The molecule has 2 aromatic rings. The first-order valence-corrected chi connectivity index (χ1v) is 8.32. The van der Waals surface area contributed by atoms with E-state index in [1.165, 1.54) is 0 Å². The number of hydrogen-bond donors (Lipinski definition) is 0. The van der Waals surface area contributed by atoms with Gasteiger partial charge in [0.15, 0.2) is 11.5 Å². The number of ether oxygens (including phenoxy) is 2. The van der Waals surface area contributed by atoms with Crippen molar-refractivity contribution in [3.63, 3.8) is 0 Å². The van der Waals surface area contributed by atoms with Crippen molar-refractivity contribution in [1.82, 2.24) is 9.88 Å². The van der Waals surface area contributed by atoms with Gasteiger partial charge in [0.25, 0.3) is 5.91 Å². The quantitative estimate of drug-likeness (QED) is 0.813. The van der Waals surface area contributed by atoms with E-state index in [4.69, 9.17) is 9.47 Å². The van der Waals surface area contributed by atoms with Gasteiger partial charge in [0.2, 0.25) is 6.79 Å². The van der Waals surface area contributed by atoms with E-state index in [0.29, 0.717) is 12.1 Å². The van der Waals surface area contributed by atoms with E-state index in [2.05, 4.69) is 18.8 Å². The molecule has 1 aliphatic heterocycles. The molecular weight excluding hydrogens is 304 g/mol. The number of fused-ring (bicyclic) bond motifs is 1. The lowest BCUT2D eigenvalue weighted by Crippen LogP contribution is -2.39. The van der Waals surface area contributed by atoms with E-state index in [1.807, 2.05) is 23.1 Å². The molecule has 24 heavy (non-hydrogen) atoms. The molecule has 1 amide bonds. The van der Waals surface area contributed by atoms with Crippen LogP contribution in [0.5, 0.6) is 11.5 Å². The average molecular weight is 326 g/mol. The van der Waals surface area contributed by atoms with Gasteiger partial charge in [0, 0.05) is 30.5 Å². The van der Waals surface area contributed by atoms with Crippen LogP contribution in [-0.2, 0) is 6.54 Å². The Labute approximate surface area is 142 Å². The molecule has 0 N–H and O–H groups in total. The van der Waals surface area contributed by atoms with Crippen LogP contribution < -0.4 is 9.47 Å².